The van der Waals surface area contributed by atoms with Crippen molar-refractivity contribution >= 4 is 0 Å². The first-order chi connectivity index (χ1) is 9.75. The number of aryl methyl sites for hydroxylation is 1. The molecule has 1 aliphatic rings. The molecule has 0 bridgehead atoms. The summed E-state index contributed by atoms with van der Waals surface area (Å²) in [6.45, 7) is 4.74. The van der Waals surface area contributed by atoms with E-state index in [0.717, 1.165) is 5.92 Å². The van der Waals surface area contributed by atoms with E-state index in [9.17, 15) is 0 Å². The average Bonchev–Trinajstić information content (AvgIpc) is 2.75. The lowest BCUT2D eigenvalue weighted by atomic mass is 9.92. The number of nitrogens with one attached hydrogen (secondary N) is 1. The molecule has 20 heavy (non-hydrogen) atoms. The molecule has 2 rings (SSSR count). The van der Waals surface area contributed by atoms with Gasteiger partial charge in [-0.2, -0.15) is 0 Å². The Balaban J connectivity index is 1.71. The zero-order valence-corrected chi connectivity index (χ0v) is 13.3. The molecule has 1 fully saturated rings. The summed E-state index contributed by atoms with van der Waals surface area (Å²) in [5, 5.41) is 3.85. The molecule has 0 heterocycles. The van der Waals surface area contributed by atoms with Crippen molar-refractivity contribution in [1.29, 1.82) is 0 Å². The molecule has 112 valence electrons. The van der Waals surface area contributed by atoms with Gasteiger partial charge in [0.15, 0.2) is 0 Å². The lowest BCUT2D eigenvalue weighted by molar-refractivity contribution is 0.309. The summed E-state index contributed by atoms with van der Waals surface area (Å²) in [7, 11) is 0. The summed E-state index contributed by atoms with van der Waals surface area (Å²) < 4.78 is 0. The first-order valence-corrected chi connectivity index (χ1v) is 8.55. The van der Waals surface area contributed by atoms with E-state index in [1.807, 2.05) is 0 Å². The molecule has 0 spiro atoms. The Labute approximate surface area is 125 Å². The van der Waals surface area contributed by atoms with Crippen LogP contribution in [0.1, 0.15) is 64.4 Å². The van der Waals surface area contributed by atoms with E-state index in [2.05, 4.69) is 49.5 Å². The van der Waals surface area contributed by atoms with E-state index in [-0.39, 0.29) is 0 Å². The van der Waals surface area contributed by atoms with Gasteiger partial charge in [0.05, 0.1) is 0 Å². The van der Waals surface area contributed by atoms with Gasteiger partial charge in [0.1, 0.15) is 0 Å². The van der Waals surface area contributed by atoms with Gasteiger partial charge in [0.25, 0.3) is 0 Å². The van der Waals surface area contributed by atoms with Gasteiger partial charge in [-0.05, 0) is 51.0 Å². The third kappa shape index (κ3) is 5.28. The highest BCUT2D eigenvalue weighted by Gasteiger charge is 2.20. The van der Waals surface area contributed by atoms with Gasteiger partial charge in [-0.15, -0.1) is 0 Å². The van der Waals surface area contributed by atoms with Crippen molar-refractivity contribution in [2.75, 3.05) is 0 Å². The van der Waals surface area contributed by atoms with Crippen LogP contribution in [-0.4, -0.2) is 12.1 Å². The maximum atomic E-state index is 3.85. The summed E-state index contributed by atoms with van der Waals surface area (Å²) in [4.78, 5) is 0. The minimum Gasteiger partial charge on any atom is -0.311 e. The molecule has 1 saturated carbocycles. The van der Waals surface area contributed by atoms with Crippen LogP contribution in [-0.2, 0) is 6.42 Å². The molecular weight excluding hydrogens is 242 g/mol. The van der Waals surface area contributed by atoms with Crippen molar-refractivity contribution in [3.8, 4) is 0 Å². The Morgan fingerprint density at radius 2 is 1.65 bits per heavy atom. The van der Waals surface area contributed by atoms with Crippen molar-refractivity contribution in [2.45, 2.75) is 77.3 Å². The Kier molecular flexibility index (Phi) is 6.59. The van der Waals surface area contributed by atoms with Crippen LogP contribution >= 0.6 is 0 Å². The first-order valence-electron chi connectivity index (χ1n) is 8.55. The molecule has 1 heteroatoms. The molecule has 1 unspecified atom stereocenters. The number of benzene rings is 1. The molecule has 1 nitrogen and oxygen atoms in total. The monoisotopic (exact) mass is 273 g/mol. The zero-order valence-electron chi connectivity index (χ0n) is 13.3. The van der Waals surface area contributed by atoms with Crippen LogP contribution in [0.25, 0.3) is 0 Å². The highest BCUT2D eigenvalue weighted by atomic mass is 14.9. The molecule has 0 saturated heterocycles. The maximum absolute atomic E-state index is 3.85. The highest BCUT2D eigenvalue weighted by Crippen LogP contribution is 2.25. The number of hydrogen-bond acceptors (Lipinski definition) is 1. The molecule has 0 aliphatic heterocycles. The predicted molar refractivity (Wildman–Crippen MR) is 88.0 cm³/mol. The van der Waals surface area contributed by atoms with Crippen molar-refractivity contribution in [2.24, 2.45) is 5.92 Å². The molecule has 1 aromatic carbocycles. The van der Waals surface area contributed by atoms with Gasteiger partial charge in [0.2, 0.25) is 0 Å². The SMILES string of the molecule is CC(CCc1ccccc1)N[C@@H](C)C1CCCCCC1. The van der Waals surface area contributed by atoms with E-state index in [1.165, 1.54) is 56.9 Å². The van der Waals surface area contributed by atoms with Crippen LogP contribution in [0.4, 0.5) is 0 Å². The summed E-state index contributed by atoms with van der Waals surface area (Å²) in [5.74, 6) is 0.900. The quantitative estimate of drug-likeness (QED) is 0.723. The normalized spacial score (nSPS) is 20.3. The lowest BCUT2D eigenvalue weighted by Crippen LogP contribution is -2.39. The van der Waals surface area contributed by atoms with Crippen LogP contribution in [0.5, 0.6) is 0 Å². The second kappa shape index (κ2) is 8.46. The van der Waals surface area contributed by atoms with Gasteiger partial charge in [0, 0.05) is 12.1 Å². The van der Waals surface area contributed by atoms with Crippen molar-refractivity contribution < 1.29 is 0 Å². The molecular formula is C19H31N. The molecule has 0 aromatic heterocycles. The van der Waals surface area contributed by atoms with Gasteiger partial charge < -0.3 is 5.32 Å². The van der Waals surface area contributed by atoms with Crippen molar-refractivity contribution in [3.63, 3.8) is 0 Å². The van der Waals surface area contributed by atoms with Crippen molar-refractivity contribution in [1.82, 2.24) is 5.32 Å². The fraction of sp³-hybridized carbons (Fsp3) is 0.684. The predicted octanol–water partition coefficient (Wildman–Crippen LogP) is 4.96. The Morgan fingerprint density at radius 1 is 1.00 bits per heavy atom. The second-order valence-corrected chi connectivity index (χ2v) is 6.63. The molecule has 1 aromatic rings. The number of rotatable bonds is 6. The summed E-state index contributed by atoms with van der Waals surface area (Å²) in [6, 6.07) is 12.2. The first kappa shape index (κ1) is 15.6. The van der Waals surface area contributed by atoms with E-state index in [4.69, 9.17) is 0 Å². The van der Waals surface area contributed by atoms with E-state index in [1.54, 1.807) is 0 Å². The van der Waals surface area contributed by atoms with Crippen molar-refractivity contribution in [3.05, 3.63) is 35.9 Å². The standard InChI is InChI=1S/C19H31N/c1-16(14-15-18-10-6-5-7-11-18)20-17(2)19-12-8-3-4-9-13-19/h5-7,10-11,16-17,19-20H,3-4,8-9,12-15H2,1-2H3/t16?,17-/m0/s1. The Morgan fingerprint density at radius 3 is 2.30 bits per heavy atom. The van der Waals surface area contributed by atoms with E-state index in [0.29, 0.717) is 12.1 Å². The van der Waals surface area contributed by atoms with Crippen LogP contribution in [0.15, 0.2) is 30.3 Å². The largest absolute Gasteiger partial charge is 0.311 e. The molecule has 2 atom stereocenters. The maximum Gasteiger partial charge on any atom is 0.00694 e. The zero-order chi connectivity index (χ0) is 14.2. The van der Waals surface area contributed by atoms with Crippen LogP contribution < -0.4 is 5.32 Å². The van der Waals surface area contributed by atoms with Gasteiger partial charge in [-0.3, -0.25) is 0 Å². The van der Waals surface area contributed by atoms with Gasteiger partial charge in [-0.1, -0.05) is 56.0 Å². The number of hydrogen-bond donors (Lipinski definition) is 1. The fourth-order valence-electron chi connectivity index (χ4n) is 3.51. The Bertz CT molecular complexity index is 351. The average molecular weight is 273 g/mol. The molecule has 0 radical (unpaired) electrons. The van der Waals surface area contributed by atoms with Crippen LogP contribution in [0.2, 0.25) is 0 Å². The van der Waals surface area contributed by atoms with Crippen LogP contribution in [0.3, 0.4) is 0 Å². The third-order valence-corrected chi connectivity index (χ3v) is 4.86. The third-order valence-electron chi connectivity index (χ3n) is 4.86. The van der Waals surface area contributed by atoms with Crippen LogP contribution in [0, 0.1) is 5.92 Å². The Hall–Kier alpha value is -0.820. The minimum absolute atomic E-state index is 0.619. The van der Waals surface area contributed by atoms with E-state index < -0.39 is 0 Å². The smallest absolute Gasteiger partial charge is 0.00694 e. The molecule has 0 amide bonds. The topological polar surface area (TPSA) is 12.0 Å². The highest BCUT2D eigenvalue weighted by molar-refractivity contribution is 5.14. The lowest BCUT2D eigenvalue weighted by Gasteiger charge is -2.27. The second-order valence-electron chi connectivity index (χ2n) is 6.63. The summed E-state index contributed by atoms with van der Waals surface area (Å²) in [6.07, 6.45) is 11.1. The summed E-state index contributed by atoms with van der Waals surface area (Å²) in [5.41, 5.74) is 1.46. The van der Waals surface area contributed by atoms with E-state index >= 15 is 0 Å². The molecule has 1 N–H and O–H groups in total. The minimum atomic E-state index is 0.619. The van der Waals surface area contributed by atoms with Gasteiger partial charge >= 0.3 is 0 Å². The van der Waals surface area contributed by atoms with Gasteiger partial charge in [-0.25, -0.2) is 0 Å². The summed E-state index contributed by atoms with van der Waals surface area (Å²) >= 11 is 0. The fourth-order valence-corrected chi connectivity index (χ4v) is 3.51. The molecule has 1 aliphatic carbocycles.